The summed E-state index contributed by atoms with van der Waals surface area (Å²) < 4.78 is 0. The van der Waals surface area contributed by atoms with Gasteiger partial charge in [0.05, 0.1) is 11.6 Å². The molecule has 0 saturated carbocycles. The van der Waals surface area contributed by atoms with Crippen molar-refractivity contribution in [3.8, 4) is 0 Å². The van der Waals surface area contributed by atoms with Crippen molar-refractivity contribution < 1.29 is 4.79 Å². The van der Waals surface area contributed by atoms with Gasteiger partial charge >= 0.3 is 0 Å². The third-order valence-electron chi connectivity index (χ3n) is 4.83. The van der Waals surface area contributed by atoms with Crippen LogP contribution in [0.2, 0.25) is 0 Å². The molecule has 2 unspecified atom stereocenters. The summed E-state index contributed by atoms with van der Waals surface area (Å²) in [6.45, 7) is 7.42. The molecule has 21 heavy (non-hydrogen) atoms. The van der Waals surface area contributed by atoms with Crippen LogP contribution in [0.5, 0.6) is 0 Å². The fourth-order valence-corrected chi connectivity index (χ4v) is 3.43. The average Bonchev–Trinajstić information content (AvgIpc) is 2.85. The van der Waals surface area contributed by atoms with Crippen molar-refractivity contribution in [1.29, 1.82) is 0 Å². The zero-order chi connectivity index (χ0) is 15.5. The molecule has 0 radical (unpaired) electrons. The highest BCUT2D eigenvalue weighted by molar-refractivity contribution is 5.86. The van der Waals surface area contributed by atoms with E-state index in [1.54, 1.807) is 6.20 Å². The first-order valence-electron chi connectivity index (χ1n) is 8.10. The van der Waals surface area contributed by atoms with E-state index in [0.29, 0.717) is 24.7 Å². The van der Waals surface area contributed by atoms with E-state index < -0.39 is 0 Å². The van der Waals surface area contributed by atoms with Gasteiger partial charge in [-0.1, -0.05) is 26.8 Å². The molecule has 1 aliphatic carbocycles. The van der Waals surface area contributed by atoms with Crippen LogP contribution in [0.25, 0.3) is 0 Å². The lowest BCUT2D eigenvalue weighted by Crippen LogP contribution is -2.25. The van der Waals surface area contributed by atoms with E-state index >= 15 is 0 Å². The number of aromatic nitrogens is 1. The van der Waals surface area contributed by atoms with Crippen LogP contribution in [0.3, 0.4) is 0 Å². The summed E-state index contributed by atoms with van der Waals surface area (Å²) in [5.41, 5.74) is 8.21. The number of hydrogen-bond acceptors (Lipinski definition) is 3. The molecule has 0 saturated heterocycles. The lowest BCUT2D eigenvalue weighted by atomic mass is 9.75. The standard InChI is InChI=1S/C18H28N2O/c1-18(2,3)14(10-11-19)7-9-16(21)15-8-6-13-5-4-12-20-17(13)15/h4-5,12,14-15H,6-11,19H2,1-3H3. The van der Waals surface area contributed by atoms with Crippen LogP contribution in [-0.4, -0.2) is 17.3 Å². The first kappa shape index (κ1) is 16.2. The van der Waals surface area contributed by atoms with Gasteiger partial charge in [-0.05, 0) is 55.2 Å². The molecule has 3 nitrogen and oxygen atoms in total. The van der Waals surface area contributed by atoms with Crippen LogP contribution in [0.15, 0.2) is 18.3 Å². The zero-order valence-electron chi connectivity index (χ0n) is 13.6. The first-order valence-corrected chi connectivity index (χ1v) is 8.10. The Morgan fingerprint density at radius 2 is 2.19 bits per heavy atom. The van der Waals surface area contributed by atoms with Gasteiger partial charge in [-0.3, -0.25) is 9.78 Å². The number of aryl methyl sites for hydroxylation is 1. The molecule has 1 aliphatic rings. The number of ketones is 1. The highest BCUT2D eigenvalue weighted by atomic mass is 16.1. The molecule has 0 aliphatic heterocycles. The van der Waals surface area contributed by atoms with Crippen molar-refractivity contribution in [3.05, 3.63) is 29.6 Å². The van der Waals surface area contributed by atoms with E-state index in [2.05, 4.69) is 31.8 Å². The number of hydrogen-bond donors (Lipinski definition) is 1. The topological polar surface area (TPSA) is 56.0 Å². The molecule has 0 spiro atoms. The Kier molecular flexibility index (Phi) is 5.15. The number of carbonyl (C=O) groups is 1. The molecular formula is C18H28N2O. The van der Waals surface area contributed by atoms with Gasteiger partial charge in [0.2, 0.25) is 0 Å². The van der Waals surface area contributed by atoms with Crippen molar-refractivity contribution in [3.63, 3.8) is 0 Å². The minimum Gasteiger partial charge on any atom is -0.330 e. The molecular weight excluding hydrogens is 260 g/mol. The second-order valence-corrected chi connectivity index (χ2v) is 7.28. The van der Waals surface area contributed by atoms with Gasteiger partial charge in [0, 0.05) is 12.6 Å². The maximum atomic E-state index is 12.6. The van der Waals surface area contributed by atoms with E-state index in [9.17, 15) is 4.79 Å². The van der Waals surface area contributed by atoms with Crippen molar-refractivity contribution >= 4 is 5.78 Å². The molecule has 0 aromatic carbocycles. The fourth-order valence-electron chi connectivity index (χ4n) is 3.43. The largest absolute Gasteiger partial charge is 0.330 e. The van der Waals surface area contributed by atoms with E-state index in [4.69, 9.17) is 5.73 Å². The highest BCUT2D eigenvalue weighted by Crippen LogP contribution is 2.36. The normalized spacial score (nSPS) is 19.3. The lowest BCUT2D eigenvalue weighted by Gasteiger charge is -2.30. The number of carbonyl (C=O) groups excluding carboxylic acids is 1. The zero-order valence-corrected chi connectivity index (χ0v) is 13.6. The predicted octanol–water partition coefficient (Wildman–Crippen LogP) is 3.47. The van der Waals surface area contributed by atoms with E-state index in [1.807, 2.05) is 6.07 Å². The van der Waals surface area contributed by atoms with Crippen LogP contribution < -0.4 is 5.73 Å². The molecule has 1 aromatic heterocycles. The average molecular weight is 288 g/mol. The van der Waals surface area contributed by atoms with Crippen molar-refractivity contribution in [1.82, 2.24) is 4.98 Å². The summed E-state index contributed by atoms with van der Waals surface area (Å²) in [5, 5.41) is 0. The number of pyridine rings is 1. The summed E-state index contributed by atoms with van der Waals surface area (Å²) in [4.78, 5) is 17.0. The number of Topliss-reactive ketones (excluding diaryl/α,β-unsaturated/α-hetero) is 1. The van der Waals surface area contributed by atoms with Gasteiger partial charge in [-0.25, -0.2) is 0 Å². The van der Waals surface area contributed by atoms with Gasteiger partial charge in [0.15, 0.2) is 0 Å². The van der Waals surface area contributed by atoms with Crippen molar-refractivity contribution in [2.24, 2.45) is 17.1 Å². The molecule has 0 fully saturated rings. The van der Waals surface area contributed by atoms with E-state index in [0.717, 1.165) is 31.4 Å². The Morgan fingerprint density at radius 3 is 2.86 bits per heavy atom. The molecule has 1 aromatic rings. The molecule has 2 N–H and O–H groups in total. The SMILES string of the molecule is CC(C)(C)C(CCN)CCC(=O)C1CCc2cccnc21. The van der Waals surface area contributed by atoms with Crippen LogP contribution in [0.1, 0.15) is 63.6 Å². The molecule has 1 heterocycles. The van der Waals surface area contributed by atoms with Gasteiger partial charge in [-0.2, -0.15) is 0 Å². The molecule has 0 amide bonds. The molecule has 3 heteroatoms. The second-order valence-electron chi connectivity index (χ2n) is 7.28. The maximum Gasteiger partial charge on any atom is 0.141 e. The Bertz CT molecular complexity index is 490. The predicted molar refractivity (Wildman–Crippen MR) is 86.2 cm³/mol. The number of rotatable bonds is 6. The smallest absolute Gasteiger partial charge is 0.141 e. The quantitative estimate of drug-likeness (QED) is 0.872. The van der Waals surface area contributed by atoms with Crippen LogP contribution in [0.4, 0.5) is 0 Å². The third-order valence-corrected chi connectivity index (χ3v) is 4.83. The Labute approximate surface area is 128 Å². The van der Waals surface area contributed by atoms with Crippen molar-refractivity contribution in [2.45, 2.75) is 58.8 Å². The van der Waals surface area contributed by atoms with Gasteiger partial charge in [0.25, 0.3) is 0 Å². The first-order chi connectivity index (χ1) is 9.93. The lowest BCUT2D eigenvalue weighted by molar-refractivity contribution is -0.121. The molecule has 2 rings (SSSR count). The summed E-state index contributed by atoms with van der Waals surface area (Å²) in [7, 11) is 0. The third kappa shape index (κ3) is 3.91. The minimum atomic E-state index is 0.0275. The Hall–Kier alpha value is -1.22. The van der Waals surface area contributed by atoms with Crippen LogP contribution in [0, 0.1) is 11.3 Å². The van der Waals surface area contributed by atoms with Crippen LogP contribution in [-0.2, 0) is 11.2 Å². The molecule has 2 atom stereocenters. The number of nitrogens with zero attached hydrogens (tertiary/aromatic N) is 1. The summed E-state index contributed by atoms with van der Waals surface area (Å²) in [5.74, 6) is 0.898. The summed E-state index contributed by atoms with van der Waals surface area (Å²) >= 11 is 0. The van der Waals surface area contributed by atoms with Crippen LogP contribution >= 0.6 is 0 Å². The number of fused-ring (bicyclic) bond motifs is 1. The van der Waals surface area contributed by atoms with Crippen molar-refractivity contribution in [2.75, 3.05) is 6.54 Å². The molecule has 0 bridgehead atoms. The molecule has 116 valence electrons. The number of nitrogens with two attached hydrogens (primary N) is 1. The summed E-state index contributed by atoms with van der Waals surface area (Å²) in [6.07, 6.45) is 6.32. The van der Waals surface area contributed by atoms with Gasteiger partial charge < -0.3 is 5.73 Å². The van der Waals surface area contributed by atoms with E-state index in [-0.39, 0.29) is 11.3 Å². The summed E-state index contributed by atoms with van der Waals surface area (Å²) in [6, 6.07) is 4.06. The van der Waals surface area contributed by atoms with Gasteiger partial charge in [-0.15, -0.1) is 0 Å². The highest BCUT2D eigenvalue weighted by Gasteiger charge is 2.31. The Morgan fingerprint density at radius 1 is 1.43 bits per heavy atom. The Balaban J connectivity index is 1.96. The monoisotopic (exact) mass is 288 g/mol. The van der Waals surface area contributed by atoms with E-state index in [1.165, 1.54) is 5.56 Å². The minimum absolute atomic E-state index is 0.0275. The maximum absolute atomic E-state index is 12.6. The van der Waals surface area contributed by atoms with Gasteiger partial charge in [0.1, 0.15) is 5.78 Å². The fraction of sp³-hybridized carbons (Fsp3) is 0.667. The second kappa shape index (κ2) is 6.69.